The number of hydrogen-bond acceptors (Lipinski definition) is 8. The zero-order valence-corrected chi connectivity index (χ0v) is 15.8. The normalized spacial score (nSPS) is 12.8. The lowest BCUT2D eigenvalue weighted by atomic mass is 10.1. The first-order valence-electron chi connectivity index (χ1n) is 8.84. The number of ketones is 1. The van der Waals surface area contributed by atoms with E-state index in [0.29, 0.717) is 22.8 Å². The Morgan fingerprint density at radius 3 is 2.90 bits per heavy atom. The fraction of sp³-hybridized carbons (Fsp3) is 0.263. The third-order valence-electron chi connectivity index (χ3n) is 4.26. The van der Waals surface area contributed by atoms with E-state index < -0.39 is 18.4 Å². The first-order chi connectivity index (χ1) is 13.9. The number of esters is 1. The second-order valence-corrected chi connectivity index (χ2v) is 6.59. The molecule has 10 nitrogen and oxygen atoms in total. The number of benzene rings is 1. The molecule has 1 aliphatic rings. The second-order valence-electron chi connectivity index (χ2n) is 6.59. The first-order valence-corrected chi connectivity index (χ1v) is 8.84. The van der Waals surface area contributed by atoms with Gasteiger partial charge in [-0.3, -0.25) is 14.4 Å². The van der Waals surface area contributed by atoms with Gasteiger partial charge in [0.2, 0.25) is 0 Å². The summed E-state index contributed by atoms with van der Waals surface area (Å²) in [6.07, 6.45) is -0.177. The van der Waals surface area contributed by atoms with Crippen molar-refractivity contribution in [2.45, 2.75) is 20.3 Å². The highest BCUT2D eigenvalue weighted by atomic mass is 16.5. The second kappa shape index (κ2) is 7.30. The maximum atomic E-state index is 12.3. The standard InChI is InChI=1S/C19H17N5O5/c1-10-5-11(2)24-19(20-10)22-16(23-24)7-18(27)29-8-14(25)12-3-4-15-13(6-12)21-17(26)9-28-15/h3-6H,7-9H2,1-2H3,(H,21,26). The maximum absolute atomic E-state index is 12.3. The van der Waals surface area contributed by atoms with E-state index in [1.54, 1.807) is 16.6 Å². The molecular formula is C19H17N5O5. The molecule has 0 radical (unpaired) electrons. The number of anilines is 1. The van der Waals surface area contributed by atoms with Crippen LogP contribution in [-0.2, 0) is 20.7 Å². The van der Waals surface area contributed by atoms with Crippen molar-refractivity contribution in [1.29, 1.82) is 0 Å². The van der Waals surface area contributed by atoms with Crippen LogP contribution in [0.2, 0.25) is 0 Å². The van der Waals surface area contributed by atoms with Gasteiger partial charge in [0.05, 0.1) is 5.69 Å². The fourth-order valence-corrected chi connectivity index (χ4v) is 2.95. The lowest BCUT2D eigenvalue weighted by molar-refractivity contribution is -0.141. The zero-order chi connectivity index (χ0) is 20.5. The molecule has 1 N–H and O–H groups in total. The van der Waals surface area contributed by atoms with Crippen molar-refractivity contribution in [2.75, 3.05) is 18.5 Å². The summed E-state index contributed by atoms with van der Waals surface area (Å²) in [7, 11) is 0. The summed E-state index contributed by atoms with van der Waals surface area (Å²) < 4.78 is 11.9. The summed E-state index contributed by atoms with van der Waals surface area (Å²) in [5.74, 6) is -0.184. The summed E-state index contributed by atoms with van der Waals surface area (Å²) in [6, 6.07) is 6.48. The Kier molecular flexibility index (Phi) is 4.67. The van der Waals surface area contributed by atoms with Crippen molar-refractivity contribution in [3.05, 3.63) is 47.0 Å². The summed E-state index contributed by atoms with van der Waals surface area (Å²) in [6.45, 7) is 3.21. The molecule has 0 aliphatic carbocycles. The predicted octanol–water partition coefficient (Wildman–Crippen LogP) is 1.04. The smallest absolute Gasteiger partial charge is 0.314 e. The van der Waals surface area contributed by atoms with E-state index >= 15 is 0 Å². The number of nitrogens with one attached hydrogen (secondary N) is 1. The van der Waals surface area contributed by atoms with Gasteiger partial charge in [0, 0.05) is 17.0 Å². The molecule has 3 heterocycles. The molecule has 0 bridgehead atoms. The van der Waals surface area contributed by atoms with Gasteiger partial charge in [-0.25, -0.2) is 9.50 Å². The van der Waals surface area contributed by atoms with Crippen LogP contribution in [0.25, 0.3) is 5.78 Å². The third kappa shape index (κ3) is 3.91. The molecule has 29 heavy (non-hydrogen) atoms. The van der Waals surface area contributed by atoms with Crippen LogP contribution in [0.1, 0.15) is 27.6 Å². The van der Waals surface area contributed by atoms with Crippen LogP contribution >= 0.6 is 0 Å². The van der Waals surface area contributed by atoms with Gasteiger partial charge in [0.1, 0.15) is 12.2 Å². The Bertz CT molecular complexity index is 1150. The SMILES string of the molecule is Cc1cc(C)n2nc(CC(=O)OCC(=O)c3ccc4c(c3)NC(=O)CO4)nc2n1. The van der Waals surface area contributed by atoms with Crippen LogP contribution in [0.5, 0.6) is 5.75 Å². The van der Waals surface area contributed by atoms with Gasteiger partial charge < -0.3 is 14.8 Å². The van der Waals surface area contributed by atoms with E-state index in [4.69, 9.17) is 9.47 Å². The van der Waals surface area contributed by atoms with Crippen molar-refractivity contribution in [1.82, 2.24) is 19.6 Å². The number of nitrogens with zero attached hydrogens (tertiary/aromatic N) is 4. The number of aryl methyl sites for hydroxylation is 2. The topological polar surface area (TPSA) is 125 Å². The Balaban J connectivity index is 1.38. The van der Waals surface area contributed by atoms with E-state index in [9.17, 15) is 14.4 Å². The maximum Gasteiger partial charge on any atom is 0.314 e. The molecule has 3 aromatic rings. The quantitative estimate of drug-likeness (QED) is 0.502. The summed E-state index contributed by atoms with van der Waals surface area (Å²) in [5.41, 5.74) is 2.35. The molecular weight excluding hydrogens is 378 g/mol. The number of rotatable bonds is 5. The Hall–Kier alpha value is -3.82. The molecule has 0 atom stereocenters. The van der Waals surface area contributed by atoms with Crippen LogP contribution in [-0.4, -0.2) is 50.5 Å². The lowest BCUT2D eigenvalue weighted by Crippen LogP contribution is -2.25. The van der Waals surface area contributed by atoms with Crippen molar-refractivity contribution in [3.8, 4) is 5.75 Å². The number of Topliss-reactive ketones (excluding diaryl/α,β-unsaturated/α-hetero) is 1. The average molecular weight is 395 g/mol. The Morgan fingerprint density at radius 1 is 1.24 bits per heavy atom. The Labute approximate surface area is 164 Å². The van der Waals surface area contributed by atoms with Gasteiger partial charge in [-0.2, -0.15) is 4.98 Å². The summed E-state index contributed by atoms with van der Waals surface area (Å²) in [4.78, 5) is 44.3. The van der Waals surface area contributed by atoms with Crippen molar-refractivity contribution in [2.24, 2.45) is 0 Å². The van der Waals surface area contributed by atoms with E-state index in [2.05, 4.69) is 20.4 Å². The molecule has 1 amide bonds. The van der Waals surface area contributed by atoms with Crippen LogP contribution in [0, 0.1) is 13.8 Å². The highest BCUT2D eigenvalue weighted by Crippen LogP contribution is 2.28. The molecule has 148 valence electrons. The minimum absolute atomic E-state index is 0.0659. The van der Waals surface area contributed by atoms with E-state index in [-0.39, 0.29) is 24.8 Å². The number of carbonyl (C=O) groups is 3. The largest absolute Gasteiger partial charge is 0.482 e. The van der Waals surface area contributed by atoms with Gasteiger partial charge in [0.15, 0.2) is 24.8 Å². The number of carbonyl (C=O) groups excluding carboxylic acids is 3. The molecule has 0 saturated carbocycles. The first kappa shape index (κ1) is 18.5. The van der Waals surface area contributed by atoms with E-state index in [1.165, 1.54) is 6.07 Å². The fourth-order valence-electron chi connectivity index (χ4n) is 2.95. The molecule has 1 aromatic carbocycles. The highest BCUT2D eigenvalue weighted by molar-refractivity contribution is 6.01. The van der Waals surface area contributed by atoms with Gasteiger partial charge in [-0.05, 0) is 38.1 Å². The molecule has 0 spiro atoms. The number of amides is 1. The molecule has 0 unspecified atom stereocenters. The molecule has 4 rings (SSSR count). The number of aromatic nitrogens is 4. The predicted molar refractivity (Wildman–Crippen MR) is 99.8 cm³/mol. The minimum atomic E-state index is -0.627. The van der Waals surface area contributed by atoms with Crippen LogP contribution in [0.3, 0.4) is 0 Å². The minimum Gasteiger partial charge on any atom is -0.482 e. The molecule has 0 saturated heterocycles. The zero-order valence-electron chi connectivity index (χ0n) is 15.8. The molecule has 0 fully saturated rings. The summed E-state index contributed by atoms with van der Waals surface area (Å²) >= 11 is 0. The van der Waals surface area contributed by atoms with Crippen molar-refractivity contribution < 1.29 is 23.9 Å². The van der Waals surface area contributed by atoms with Crippen molar-refractivity contribution in [3.63, 3.8) is 0 Å². The van der Waals surface area contributed by atoms with Gasteiger partial charge in [0.25, 0.3) is 11.7 Å². The average Bonchev–Trinajstić information content (AvgIpc) is 3.08. The van der Waals surface area contributed by atoms with Gasteiger partial charge in [-0.1, -0.05) is 0 Å². The molecule has 10 heteroatoms. The van der Waals surface area contributed by atoms with E-state index in [1.807, 2.05) is 19.9 Å². The third-order valence-corrected chi connectivity index (χ3v) is 4.26. The van der Waals surface area contributed by atoms with Gasteiger partial charge in [-0.15, -0.1) is 5.10 Å². The highest BCUT2D eigenvalue weighted by Gasteiger charge is 2.19. The molecule has 1 aliphatic heterocycles. The van der Waals surface area contributed by atoms with E-state index in [0.717, 1.165) is 11.4 Å². The van der Waals surface area contributed by atoms with Crippen LogP contribution in [0.4, 0.5) is 5.69 Å². The monoisotopic (exact) mass is 395 g/mol. The Morgan fingerprint density at radius 2 is 2.07 bits per heavy atom. The van der Waals surface area contributed by atoms with Crippen LogP contribution < -0.4 is 10.1 Å². The number of fused-ring (bicyclic) bond motifs is 2. The number of ether oxygens (including phenoxy) is 2. The van der Waals surface area contributed by atoms with Crippen LogP contribution in [0.15, 0.2) is 24.3 Å². The van der Waals surface area contributed by atoms with Gasteiger partial charge >= 0.3 is 5.97 Å². The lowest BCUT2D eigenvalue weighted by Gasteiger charge is -2.18. The number of hydrogen-bond donors (Lipinski definition) is 1. The summed E-state index contributed by atoms with van der Waals surface area (Å²) in [5, 5.41) is 6.86. The van der Waals surface area contributed by atoms with Crippen molar-refractivity contribution >= 4 is 29.1 Å². The molecule has 2 aromatic heterocycles.